The van der Waals surface area contributed by atoms with Crippen LogP contribution < -0.4 is 0 Å². The van der Waals surface area contributed by atoms with E-state index >= 15 is 0 Å². The van der Waals surface area contributed by atoms with E-state index in [0.717, 1.165) is 25.7 Å². The minimum Gasteiger partial charge on any atom is -0.326 e. The molecule has 0 amide bonds. The van der Waals surface area contributed by atoms with Crippen LogP contribution in [0.3, 0.4) is 0 Å². The maximum atomic E-state index is 14.0. The second kappa shape index (κ2) is 21.5. The van der Waals surface area contributed by atoms with Crippen LogP contribution >= 0.6 is 29.5 Å². The first-order chi connectivity index (χ1) is 18.9. The van der Waals surface area contributed by atoms with Crippen LogP contribution in [0, 0.1) is 0 Å². The summed E-state index contributed by atoms with van der Waals surface area (Å²) in [6.45, 7) is 15.5. The molecule has 0 saturated carbocycles. The average molecular weight is 651 g/mol. The molecule has 242 valence electrons. The summed E-state index contributed by atoms with van der Waals surface area (Å²) in [7, 11) is -12.1. The highest BCUT2D eigenvalue weighted by atomic mass is 31.2. The molecule has 0 N–H and O–H groups in total. The lowest BCUT2D eigenvalue weighted by molar-refractivity contribution is 0.00258. The quantitative estimate of drug-likeness (QED) is 0.0809. The van der Waals surface area contributed by atoms with Gasteiger partial charge in [0, 0.05) is 49.3 Å². The van der Waals surface area contributed by atoms with E-state index in [1.54, 1.807) is 0 Å². The molecule has 0 aromatic rings. The Morgan fingerprint density at radius 1 is 0.375 bits per heavy atom. The van der Waals surface area contributed by atoms with Crippen LogP contribution in [0.2, 0.25) is 0 Å². The highest BCUT2D eigenvalue weighted by Gasteiger charge is 2.39. The van der Waals surface area contributed by atoms with Gasteiger partial charge in [0.2, 0.25) is 29.5 Å². The normalized spacial score (nSPS) is 14.9. The van der Waals surface area contributed by atoms with Crippen molar-refractivity contribution >= 4 is 29.5 Å². The molecule has 0 fully saturated rings. The minimum atomic E-state index is -3.09. The fourth-order valence-electron chi connectivity index (χ4n) is 4.97. The fraction of sp³-hybridized carbons (Fsp3) is 1.00. The van der Waals surface area contributed by atoms with Gasteiger partial charge >= 0.3 is 0 Å². The topological polar surface area (TPSA) is 105 Å². The van der Waals surface area contributed by atoms with Crippen molar-refractivity contribution in [3.8, 4) is 0 Å². The Balaban J connectivity index is 6.63. The molecule has 0 aromatic heterocycles. The molecule has 0 rings (SSSR count). The molecule has 0 heterocycles. The fourth-order valence-corrected chi connectivity index (χ4v) is 14.5. The Kier molecular flexibility index (Phi) is 21.9. The van der Waals surface area contributed by atoms with Gasteiger partial charge in [-0.25, -0.2) is 0 Å². The van der Waals surface area contributed by atoms with Crippen LogP contribution in [-0.2, 0) is 36.4 Å². The summed E-state index contributed by atoms with van der Waals surface area (Å²) in [5, 5.41) is 0. The first-order valence-electron chi connectivity index (χ1n) is 15.8. The van der Waals surface area contributed by atoms with Gasteiger partial charge in [-0.05, 0) is 51.4 Å². The van der Waals surface area contributed by atoms with Crippen molar-refractivity contribution in [3.05, 3.63) is 0 Å². The monoisotopic (exact) mass is 650 g/mol. The largest absolute Gasteiger partial charge is 0.326 e. The van der Waals surface area contributed by atoms with Crippen LogP contribution in [-0.4, -0.2) is 74.7 Å². The minimum absolute atomic E-state index is 0.104. The molecule has 40 heavy (non-hydrogen) atoms. The molecule has 0 saturated heterocycles. The Bertz CT molecular complexity index is 742. The highest BCUT2D eigenvalue weighted by molar-refractivity contribution is 7.60. The van der Waals surface area contributed by atoms with Crippen LogP contribution in [0.25, 0.3) is 0 Å². The molecule has 0 aliphatic carbocycles. The smallest absolute Gasteiger partial charge is 0.203 e. The second-order valence-electron chi connectivity index (χ2n) is 10.9. The van der Waals surface area contributed by atoms with Crippen LogP contribution in [0.4, 0.5) is 0 Å². The average Bonchev–Trinajstić information content (AvgIpc) is 2.86. The maximum absolute atomic E-state index is 14.0. The zero-order chi connectivity index (χ0) is 30.7. The van der Waals surface area contributed by atoms with Crippen molar-refractivity contribution < 1.29 is 36.4 Å². The summed E-state index contributed by atoms with van der Waals surface area (Å²) < 4.78 is 80.2. The van der Waals surface area contributed by atoms with Crippen molar-refractivity contribution in [2.24, 2.45) is 0 Å². The summed E-state index contributed by atoms with van der Waals surface area (Å²) in [6.07, 6.45) is 7.18. The number of hydrogen-bond acceptors (Lipinski definition) is 8. The number of hydrogen-bond donors (Lipinski definition) is 0. The van der Waals surface area contributed by atoms with Gasteiger partial charge in [0.25, 0.3) is 0 Å². The molecule has 0 aliphatic rings. The Morgan fingerprint density at radius 2 is 0.575 bits per heavy atom. The van der Waals surface area contributed by atoms with E-state index in [2.05, 4.69) is 0 Å². The highest BCUT2D eigenvalue weighted by Crippen LogP contribution is 2.56. The molecule has 2 unspecified atom stereocenters. The Morgan fingerprint density at radius 3 is 0.775 bits per heavy atom. The molecular formula is C28H62O8P4. The lowest BCUT2D eigenvalue weighted by Gasteiger charge is -2.34. The van der Waals surface area contributed by atoms with Gasteiger partial charge in [-0.1, -0.05) is 55.4 Å². The van der Waals surface area contributed by atoms with E-state index in [-0.39, 0.29) is 13.2 Å². The van der Waals surface area contributed by atoms with Crippen molar-refractivity contribution in [2.45, 2.75) is 119 Å². The third kappa shape index (κ3) is 16.0. The summed E-state index contributed by atoms with van der Waals surface area (Å²) in [6, 6.07) is 0. The predicted molar refractivity (Wildman–Crippen MR) is 173 cm³/mol. The van der Waals surface area contributed by atoms with E-state index in [0.29, 0.717) is 75.0 Å². The standard InChI is InChI=1S/C28H62O8P4/c1-9-17-37(29,18-10-2)33-25-27(35-39(31,21-13-5)22-14-6)28(36-40(32,23-15-7)24-16-8)26-34-38(30,19-11-3)20-12-4/h27-28H,9-26H2,1-8H3. The Hall–Kier alpha value is 0.760. The van der Waals surface area contributed by atoms with Crippen molar-refractivity contribution in [1.29, 1.82) is 0 Å². The first-order valence-corrected chi connectivity index (χ1v) is 23.8. The van der Waals surface area contributed by atoms with Gasteiger partial charge < -0.3 is 18.1 Å². The third-order valence-corrected chi connectivity index (χ3v) is 18.1. The van der Waals surface area contributed by atoms with E-state index in [9.17, 15) is 18.3 Å². The van der Waals surface area contributed by atoms with Gasteiger partial charge in [-0.15, -0.1) is 0 Å². The van der Waals surface area contributed by atoms with Crippen LogP contribution in [0.5, 0.6) is 0 Å². The summed E-state index contributed by atoms with van der Waals surface area (Å²) in [5.74, 6) is 0. The number of rotatable bonds is 27. The maximum Gasteiger partial charge on any atom is 0.203 e. The molecule has 0 aliphatic heterocycles. The molecule has 0 bridgehead atoms. The van der Waals surface area contributed by atoms with Gasteiger partial charge in [0.15, 0.2) is 0 Å². The van der Waals surface area contributed by atoms with Gasteiger partial charge in [0.05, 0.1) is 13.2 Å². The first kappa shape index (κ1) is 40.8. The van der Waals surface area contributed by atoms with E-state index < -0.39 is 41.7 Å². The van der Waals surface area contributed by atoms with Gasteiger partial charge in [-0.3, -0.25) is 18.3 Å². The molecule has 0 spiro atoms. The van der Waals surface area contributed by atoms with E-state index in [1.807, 2.05) is 55.4 Å². The molecule has 8 nitrogen and oxygen atoms in total. The molecule has 0 aromatic carbocycles. The zero-order valence-corrected chi connectivity index (χ0v) is 30.5. The second-order valence-corrected chi connectivity index (χ2v) is 22.0. The molecular weight excluding hydrogens is 588 g/mol. The lowest BCUT2D eigenvalue weighted by Crippen LogP contribution is -2.38. The van der Waals surface area contributed by atoms with Crippen molar-refractivity contribution in [1.82, 2.24) is 0 Å². The van der Waals surface area contributed by atoms with Crippen molar-refractivity contribution in [3.63, 3.8) is 0 Å². The summed E-state index contributed by atoms with van der Waals surface area (Å²) in [4.78, 5) is 0. The Labute approximate surface area is 247 Å². The third-order valence-electron chi connectivity index (χ3n) is 6.53. The van der Waals surface area contributed by atoms with Crippen LogP contribution in [0.1, 0.15) is 107 Å². The predicted octanol–water partition coefficient (Wildman–Crippen LogP) is 10.2. The van der Waals surface area contributed by atoms with Gasteiger partial charge in [0.1, 0.15) is 12.2 Å². The van der Waals surface area contributed by atoms with E-state index in [4.69, 9.17) is 18.1 Å². The van der Waals surface area contributed by atoms with Crippen molar-refractivity contribution in [2.75, 3.05) is 62.5 Å². The lowest BCUT2D eigenvalue weighted by atomic mass is 10.2. The zero-order valence-electron chi connectivity index (χ0n) is 26.9. The van der Waals surface area contributed by atoms with Crippen LogP contribution in [0.15, 0.2) is 0 Å². The molecule has 2 atom stereocenters. The summed E-state index contributed by atoms with van der Waals surface area (Å²) in [5.41, 5.74) is 0. The van der Waals surface area contributed by atoms with E-state index in [1.165, 1.54) is 0 Å². The summed E-state index contributed by atoms with van der Waals surface area (Å²) >= 11 is 0. The molecule has 12 heteroatoms. The van der Waals surface area contributed by atoms with Gasteiger partial charge in [-0.2, -0.15) is 0 Å². The molecule has 0 radical (unpaired) electrons. The SMILES string of the molecule is CCCP(=O)(CCC)OCC(OP(=O)(CCC)CCC)C(COP(=O)(CCC)CCC)OP(=O)(CCC)CCC.